The molecule has 0 unspecified atom stereocenters. The number of hydrogen-bond donors (Lipinski definition) is 1. The molecule has 1 N–H and O–H groups in total. The molecule has 3 rings (SSSR count). The second-order valence-electron chi connectivity index (χ2n) is 5.13. The van der Waals surface area contributed by atoms with Crippen molar-refractivity contribution in [1.29, 1.82) is 0 Å². The molecule has 1 aliphatic heterocycles. The van der Waals surface area contributed by atoms with Crippen LogP contribution >= 0.6 is 0 Å². The lowest BCUT2D eigenvalue weighted by Gasteiger charge is -2.27. The summed E-state index contributed by atoms with van der Waals surface area (Å²) in [7, 11) is 0. The second kappa shape index (κ2) is 6.18. The van der Waals surface area contributed by atoms with Crippen LogP contribution in [0.15, 0.2) is 28.7 Å². The highest BCUT2D eigenvalue weighted by molar-refractivity contribution is 5.85. The molecule has 1 saturated heterocycles. The molecule has 2 heterocycles. The second-order valence-corrected chi connectivity index (χ2v) is 5.13. The van der Waals surface area contributed by atoms with E-state index in [0.29, 0.717) is 18.8 Å². The van der Waals surface area contributed by atoms with E-state index in [1.54, 1.807) is 0 Å². The third kappa shape index (κ3) is 3.03. The fourth-order valence-electron chi connectivity index (χ4n) is 2.62. The molecule has 1 aromatic carbocycles. The Balaban J connectivity index is 1.77. The van der Waals surface area contributed by atoms with Gasteiger partial charge in [-0.25, -0.2) is 0 Å². The Morgan fingerprint density at radius 2 is 2.19 bits per heavy atom. The van der Waals surface area contributed by atoms with E-state index >= 15 is 0 Å². The van der Waals surface area contributed by atoms with E-state index in [0.717, 1.165) is 42.9 Å². The highest BCUT2D eigenvalue weighted by Crippen LogP contribution is 2.29. The summed E-state index contributed by atoms with van der Waals surface area (Å²) in [5.74, 6) is 1.55. The SMILES string of the molecule is CCOc1cccc2cc(CC(=O)N3CCNCC3)oc12. The first-order valence-electron chi connectivity index (χ1n) is 7.40. The summed E-state index contributed by atoms with van der Waals surface area (Å²) >= 11 is 0. The fraction of sp³-hybridized carbons (Fsp3) is 0.438. The Hall–Kier alpha value is -2.01. The molecule has 21 heavy (non-hydrogen) atoms. The smallest absolute Gasteiger partial charge is 0.230 e. The van der Waals surface area contributed by atoms with Gasteiger partial charge in [0, 0.05) is 31.6 Å². The van der Waals surface area contributed by atoms with Gasteiger partial charge in [0.25, 0.3) is 0 Å². The van der Waals surface area contributed by atoms with Crippen LogP contribution in [0.2, 0.25) is 0 Å². The first-order chi connectivity index (χ1) is 10.3. The molecule has 5 heteroatoms. The van der Waals surface area contributed by atoms with Gasteiger partial charge in [0.2, 0.25) is 5.91 Å². The van der Waals surface area contributed by atoms with E-state index in [1.165, 1.54) is 0 Å². The Bertz CT molecular complexity index is 629. The van der Waals surface area contributed by atoms with Crippen LogP contribution in [0.5, 0.6) is 5.75 Å². The van der Waals surface area contributed by atoms with Gasteiger partial charge in [-0.2, -0.15) is 0 Å². The Morgan fingerprint density at radius 1 is 1.38 bits per heavy atom. The number of carbonyl (C=O) groups is 1. The van der Waals surface area contributed by atoms with Crippen LogP contribution in [0.1, 0.15) is 12.7 Å². The van der Waals surface area contributed by atoms with Crippen molar-refractivity contribution in [3.05, 3.63) is 30.0 Å². The van der Waals surface area contributed by atoms with Crippen molar-refractivity contribution in [2.24, 2.45) is 0 Å². The monoisotopic (exact) mass is 288 g/mol. The van der Waals surface area contributed by atoms with E-state index in [4.69, 9.17) is 9.15 Å². The van der Waals surface area contributed by atoms with Crippen LogP contribution in [0.25, 0.3) is 11.0 Å². The zero-order valence-corrected chi connectivity index (χ0v) is 12.2. The molecule has 5 nitrogen and oxygen atoms in total. The minimum Gasteiger partial charge on any atom is -0.490 e. The minimum atomic E-state index is 0.119. The predicted molar refractivity (Wildman–Crippen MR) is 80.5 cm³/mol. The van der Waals surface area contributed by atoms with Crippen molar-refractivity contribution in [2.75, 3.05) is 32.8 Å². The topological polar surface area (TPSA) is 54.7 Å². The Kier molecular flexibility index (Phi) is 4.10. The van der Waals surface area contributed by atoms with Crippen LogP contribution in [-0.2, 0) is 11.2 Å². The molecule has 1 amide bonds. The number of carbonyl (C=O) groups excluding carboxylic acids is 1. The average Bonchev–Trinajstić information content (AvgIpc) is 2.92. The van der Waals surface area contributed by atoms with Crippen molar-refractivity contribution in [3.8, 4) is 5.75 Å². The average molecular weight is 288 g/mol. The molecule has 0 bridgehead atoms. The predicted octanol–water partition coefficient (Wildman–Crippen LogP) is 1.81. The van der Waals surface area contributed by atoms with Gasteiger partial charge in [0.05, 0.1) is 13.0 Å². The highest BCUT2D eigenvalue weighted by atomic mass is 16.5. The summed E-state index contributed by atoms with van der Waals surface area (Å²) in [4.78, 5) is 14.1. The number of hydrogen-bond acceptors (Lipinski definition) is 4. The van der Waals surface area contributed by atoms with Crippen molar-refractivity contribution >= 4 is 16.9 Å². The number of ether oxygens (including phenoxy) is 1. The summed E-state index contributed by atoms with van der Waals surface area (Å²) in [6.45, 7) is 5.79. The molecular formula is C16H20N2O3. The quantitative estimate of drug-likeness (QED) is 0.932. The van der Waals surface area contributed by atoms with Crippen LogP contribution in [-0.4, -0.2) is 43.6 Å². The fourth-order valence-corrected chi connectivity index (χ4v) is 2.62. The lowest BCUT2D eigenvalue weighted by atomic mass is 10.2. The van der Waals surface area contributed by atoms with Gasteiger partial charge < -0.3 is 19.4 Å². The molecule has 1 aromatic heterocycles. The molecule has 0 saturated carbocycles. The van der Waals surface area contributed by atoms with E-state index < -0.39 is 0 Å². The van der Waals surface area contributed by atoms with Crippen molar-refractivity contribution in [1.82, 2.24) is 10.2 Å². The zero-order valence-electron chi connectivity index (χ0n) is 12.2. The molecule has 0 spiro atoms. The number of rotatable bonds is 4. The number of furan rings is 1. The number of para-hydroxylation sites is 1. The van der Waals surface area contributed by atoms with Crippen molar-refractivity contribution in [2.45, 2.75) is 13.3 Å². The van der Waals surface area contributed by atoms with Gasteiger partial charge in [0.15, 0.2) is 11.3 Å². The number of piperazine rings is 1. The summed E-state index contributed by atoms with van der Waals surface area (Å²) in [5.41, 5.74) is 0.725. The molecule has 112 valence electrons. The molecule has 0 radical (unpaired) electrons. The van der Waals surface area contributed by atoms with Gasteiger partial charge in [-0.15, -0.1) is 0 Å². The highest BCUT2D eigenvalue weighted by Gasteiger charge is 2.18. The maximum Gasteiger partial charge on any atom is 0.230 e. The van der Waals surface area contributed by atoms with Crippen LogP contribution in [0, 0.1) is 0 Å². The summed E-state index contributed by atoms with van der Waals surface area (Å²) < 4.78 is 11.4. The number of nitrogens with zero attached hydrogens (tertiary/aromatic N) is 1. The maximum atomic E-state index is 12.3. The first-order valence-corrected chi connectivity index (χ1v) is 7.40. The number of benzene rings is 1. The maximum absolute atomic E-state index is 12.3. The van der Waals surface area contributed by atoms with Crippen LogP contribution in [0.4, 0.5) is 0 Å². The van der Waals surface area contributed by atoms with Crippen molar-refractivity contribution < 1.29 is 13.9 Å². The third-order valence-corrected chi connectivity index (χ3v) is 3.65. The van der Waals surface area contributed by atoms with E-state index in [1.807, 2.05) is 36.1 Å². The minimum absolute atomic E-state index is 0.119. The van der Waals surface area contributed by atoms with Gasteiger partial charge in [0.1, 0.15) is 5.76 Å². The van der Waals surface area contributed by atoms with E-state index in [-0.39, 0.29) is 5.91 Å². The molecular weight excluding hydrogens is 268 g/mol. The van der Waals surface area contributed by atoms with Gasteiger partial charge in [-0.1, -0.05) is 12.1 Å². The van der Waals surface area contributed by atoms with Crippen LogP contribution < -0.4 is 10.1 Å². The largest absolute Gasteiger partial charge is 0.490 e. The van der Waals surface area contributed by atoms with Crippen molar-refractivity contribution in [3.63, 3.8) is 0 Å². The molecule has 1 aliphatic rings. The Labute approximate surface area is 123 Å². The van der Waals surface area contributed by atoms with E-state index in [9.17, 15) is 4.79 Å². The molecule has 1 fully saturated rings. The molecule has 2 aromatic rings. The third-order valence-electron chi connectivity index (χ3n) is 3.65. The first kappa shape index (κ1) is 13.9. The molecule has 0 aliphatic carbocycles. The molecule has 0 atom stereocenters. The van der Waals surface area contributed by atoms with Crippen LogP contribution in [0.3, 0.4) is 0 Å². The number of nitrogens with one attached hydrogen (secondary N) is 1. The Morgan fingerprint density at radius 3 is 2.95 bits per heavy atom. The van der Waals surface area contributed by atoms with Gasteiger partial charge in [-0.3, -0.25) is 4.79 Å². The van der Waals surface area contributed by atoms with Gasteiger partial charge in [-0.05, 0) is 19.1 Å². The number of fused-ring (bicyclic) bond motifs is 1. The summed E-state index contributed by atoms with van der Waals surface area (Å²) in [6, 6.07) is 7.72. The lowest BCUT2D eigenvalue weighted by molar-refractivity contribution is -0.131. The van der Waals surface area contributed by atoms with Gasteiger partial charge >= 0.3 is 0 Å². The number of amides is 1. The summed E-state index contributed by atoms with van der Waals surface area (Å²) in [5, 5.41) is 4.22. The van der Waals surface area contributed by atoms with E-state index in [2.05, 4.69) is 5.32 Å². The zero-order chi connectivity index (χ0) is 14.7. The summed E-state index contributed by atoms with van der Waals surface area (Å²) in [6.07, 6.45) is 0.306. The normalized spacial score (nSPS) is 15.4. The standard InChI is InChI=1S/C16H20N2O3/c1-2-20-14-5-3-4-12-10-13(21-16(12)14)11-15(19)18-8-6-17-7-9-18/h3-5,10,17H,2,6-9,11H2,1H3. The lowest BCUT2D eigenvalue weighted by Crippen LogP contribution is -2.46.